The third kappa shape index (κ3) is 6.37. The molecule has 0 aliphatic rings. The highest BCUT2D eigenvalue weighted by Crippen LogP contribution is 2.21. The summed E-state index contributed by atoms with van der Waals surface area (Å²) in [6, 6.07) is 4.80. The number of benzene rings is 1. The lowest BCUT2D eigenvalue weighted by molar-refractivity contribution is -0.384. The molecule has 0 fully saturated rings. The molecule has 0 aromatic heterocycles. The van der Waals surface area contributed by atoms with Crippen molar-refractivity contribution >= 4 is 5.69 Å². The van der Waals surface area contributed by atoms with Gasteiger partial charge in [-0.3, -0.25) is 10.1 Å². The molecule has 1 rings (SSSR count). The molecule has 112 valence electrons. The van der Waals surface area contributed by atoms with E-state index in [1.165, 1.54) is 31.2 Å². The second kappa shape index (κ2) is 7.09. The van der Waals surface area contributed by atoms with Crippen LogP contribution < -0.4 is 10.1 Å². The van der Waals surface area contributed by atoms with Crippen LogP contribution in [-0.2, 0) is 0 Å². The van der Waals surface area contributed by atoms with Crippen LogP contribution in [0.5, 0.6) is 5.75 Å². The van der Waals surface area contributed by atoms with E-state index in [4.69, 9.17) is 4.74 Å². The van der Waals surface area contributed by atoms with Crippen molar-refractivity contribution in [3.63, 3.8) is 0 Å². The zero-order valence-corrected chi connectivity index (χ0v) is 10.8. The third-order valence-corrected chi connectivity index (χ3v) is 2.45. The van der Waals surface area contributed by atoms with Gasteiger partial charge < -0.3 is 10.1 Å². The molecule has 0 aliphatic carbocycles. The normalized spacial score (nSPS) is 13.0. The topological polar surface area (TPSA) is 64.4 Å². The molecule has 0 saturated heterocycles. The summed E-state index contributed by atoms with van der Waals surface area (Å²) in [5.41, 5.74) is -0.0470. The lowest BCUT2D eigenvalue weighted by Crippen LogP contribution is -2.33. The summed E-state index contributed by atoms with van der Waals surface area (Å²) in [6.45, 7) is 1.88. The van der Waals surface area contributed by atoms with Crippen molar-refractivity contribution in [3.8, 4) is 5.75 Å². The second-order valence-electron chi connectivity index (χ2n) is 4.27. The van der Waals surface area contributed by atoms with Crippen molar-refractivity contribution in [2.75, 3.05) is 13.2 Å². The number of nitro groups is 1. The monoisotopic (exact) mass is 292 g/mol. The Morgan fingerprint density at radius 1 is 1.35 bits per heavy atom. The summed E-state index contributed by atoms with van der Waals surface area (Å²) < 4.78 is 41.4. The summed E-state index contributed by atoms with van der Waals surface area (Å²) in [7, 11) is 0. The number of non-ortho nitro benzene ring substituents is 1. The summed E-state index contributed by atoms with van der Waals surface area (Å²) >= 11 is 0. The predicted octanol–water partition coefficient (Wildman–Crippen LogP) is 2.90. The van der Waals surface area contributed by atoms with Crippen LogP contribution in [0, 0.1) is 10.1 Å². The number of hydrogen-bond donors (Lipinski definition) is 1. The van der Waals surface area contributed by atoms with Crippen molar-refractivity contribution in [1.29, 1.82) is 0 Å². The van der Waals surface area contributed by atoms with Gasteiger partial charge >= 0.3 is 6.18 Å². The maximum atomic E-state index is 12.1. The molecule has 0 radical (unpaired) electrons. The van der Waals surface area contributed by atoms with E-state index in [1.54, 1.807) is 0 Å². The number of nitrogens with one attached hydrogen (secondary N) is 1. The number of halogens is 3. The summed E-state index contributed by atoms with van der Waals surface area (Å²) in [6.07, 6.45) is -5.09. The van der Waals surface area contributed by atoms with E-state index in [2.05, 4.69) is 5.32 Å². The van der Waals surface area contributed by atoms with Gasteiger partial charge in [0.1, 0.15) is 12.4 Å². The highest BCUT2D eigenvalue weighted by Gasteiger charge is 2.29. The molecule has 1 aromatic carbocycles. The Kier molecular flexibility index (Phi) is 5.75. The zero-order valence-electron chi connectivity index (χ0n) is 10.8. The quantitative estimate of drug-likeness (QED) is 0.477. The lowest BCUT2D eigenvalue weighted by Gasteiger charge is -2.15. The fraction of sp³-hybridized carbons (Fsp3) is 0.500. The highest BCUT2D eigenvalue weighted by molar-refractivity contribution is 5.35. The summed E-state index contributed by atoms with van der Waals surface area (Å²) in [5.74, 6) is 0.431. The van der Waals surface area contributed by atoms with Gasteiger partial charge in [0.25, 0.3) is 5.69 Å². The minimum absolute atomic E-state index is 0.0470. The van der Waals surface area contributed by atoms with Crippen LogP contribution in [0.1, 0.15) is 13.3 Å². The van der Waals surface area contributed by atoms with Gasteiger partial charge in [-0.15, -0.1) is 0 Å². The lowest BCUT2D eigenvalue weighted by atomic mass is 10.2. The summed E-state index contributed by atoms with van der Waals surface area (Å²) in [4.78, 5) is 9.90. The molecule has 0 saturated carbocycles. The minimum Gasteiger partial charge on any atom is -0.492 e. The van der Waals surface area contributed by atoms with Crippen LogP contribution in [0.3, 0.4) is 0 Å². The number of nitrogens with zero attached hydrogens (tertiary/aromatic N) is 1. The Labute approximate surface area is 113 Å². The van der Waals surface area contributed by atoms with E-state index in [0.717, 1.165) is 0 Å². The van der Waals surface area contributed by atoms with Gasteiger partial charge in [0.2, 0.25) is 0 Å². The van der Waals surface area contributed by atoms with Crippen LogP contribution in [0.2, 0.25) is 0 Å². The van der Waals surface area contributed by atoms with Gasteiger partial charge in [0, 0.05) is 24.7 Å². The minimum atomic E-state index is -4.19. The Morgan fingerprint density at radius 2 is 1.95 bits per heavy atom. The number of hydrogen-bond acceptors (Lipinski definition) is 4. The van der Waals surface area contributed by atoms with E-state index in [-0.39, 0.29) is 18.8 Å². The molecular weight excluding hydrogens is 277 g/mol. The largest absolute Gasteiger partial charge is 0.492 e. The fourth-order valence-corrected chi connectivity index (χ4v) is 1.56. The number of rotatable bonds is 7. The Hall–Kier alpha value is -1.83. The van der Waals surface area contributed by atoms with Crippen LogP contribution in [0.25, 0.3) is 0 Å². The van der Waals surface area contributed by atoms with Crippen molar-refractivity contribution in [3.05, 3.63) is 34.4 Å². The molecule has 8 heteroatoms. The van der Waals surface area contributed by atoms with E-state index >= 15 is 0 Å². The molecule has 0 amide bonds. The van der Waals surface area contributed by atoms with Crippen LogP contribution in [0.15, 0.2) is 24.3 Å². The molecule has 1 N–H and O–H groups in total. The first-order valence-electron chi connectivity index (χ1n) is 5.95. The summed E-state index contributed by atoms with van der Waals surface area (Å²) in [5, 5.41) is 13.1. The highest BCUT2D eigenvalue weighted by atomic mass is 19.4. The third-order valence-electron chi connectivity index (χ3n) is 2.45. The van der Waals surface area contributed by atoms with Gasteiger partial charge in [-0.25, -0.2) is 0 Å². The number of alkyl halides is 3. The van der Waals surface area contributed by atoms with Crippen molar-refractivity contribution in [1.82, 2.24) is 5.32 Å². The average Bonchev–Trinajstić information content (AvgIpc) is 2.33. The van der Waals surface area contributed by atoms with Crippen LogP contribution >= 0.6 is 0 Å². The number of nitro benzene ring substituents is 1. The zero-order chi connectivity index (χ0) is 15.2. The van der Waals surface area contributed by atoms with Gasteiger partial charge in [-0.1, -0.05) is 0 Å². The van der Waals surface area contributed by atoms with Crippen LogP contribution in [0.4, 0.5) is 18.9 Å². The Balaban J connectivity index is 2.26. The first kappa shape index (κ1) is 16.2. The first-order valence-corrected chi connectivity index (χ1v) is 5.95. The van der Waals surface area contributed by atoms with Gasteiger partial charge in [-0.2, -0.15) is 13.2 Å². The standard InChI is InChI=1S/C12H15F3N2O3/c1-9(8-12(13,14)15)16-6-7-20-11-4-2-10(3-5-11)17(18)19/h2-5,9,16H,6-8H2,1H3. The smallest absolute Gasteiger partial charge is 0.390 e. The van der Waals surface area contributed by atoms with E-state index in [0.29, 0.717) is 5.75 Å². The fourth-order valence-electron chi connectivity index (χ4n) is 1.56. The van der Waals surface area contributed by atoms with E-state index in [9.17, 15) is 23.3 Å². The maximum Gasteiger partial charge on any atom is 0.390 e. The van der Waals surface area contributed by atoms with Gasteiger partial charge in [-0.05, 0) is 19.1 Å². The predicted molar refractivity (Wildman–Crippen MR) is 66.7 cm³/mol. The van der Waals surface area contributed by atoms with Crippen LogP contribution in [-0.4, -0.2) is 30.3 Å². The molecular formula is C12H15F3N2O3. The van der Waals surface area contributed by atoms with Gasteiger partial charge in [0.15, 0.2) is 0 Å². The first-order chi connectivity index (χ1) is 9.28. The molecule has 0 aliphatic heterocycles. The Morgan fingerprint density at radius 3 is 2.45 bits per heavy atom. The molecule has 5 nitrogen and oxygen atoms in total. The molecule has 1 aromatic rings. The molecule has 1 unspecified atom stereocenters. The Bertz CT molecular complexity index is 435. The molecule has 1 atom stereocenters. The van der Waals surface area contributed by atoms with E-state index < -0.39 is 23.6 Å². The van der Waals surface area contributed by atoms with Crippen molar-refractivity contribution in [2.45, 2.75) is 25.6 Å². The van der Waals surface area contributed by atoms with E-state index in [1.807, 2.05) is 0 Å². The molecule has 0 heterocycles. The molecule has 20 heavy (non-hydrogen) atoms. The molecule has 0 spiro atoms. The van der Waals surface area contributed by atoms with Crippen molar-refractivity contribution < 1.29 is 22.8 Å². The van der Waals surface area contributed by atoms with Gasteiger partial charge in [0.05, 0.1) is 11.3 Å². The second-order valence-corrected chi connectivity index (χ2v) is 4.27. The maximum absolute atomic E-state index is 12.1. The average molecular weight is 292 g/mol. The molecule has 0 bridgehead atoms. The SMILES string of the molecule is CC(CC(F)(F)F)NCCOc1ccc([N+](=O)[O-])cc1. The van der Waals surface area contributed by atoms with Crippen molar-refractivity contribution in [2.24, 2.45) is 0 Å². The number of ether oxygens (including phenoxy) is 1.